The summed E-state index contributed by atoms with van der Waals surface area (Å²) in [6.07, 6.45) is -0.192. The number of benzene rings is 1. The standard InChI is InChI=1S/C9H7F2NO4/c10-6-1-2-7(12(13)14)9(8(6)11)16-4-5-3-15-5/h1-2,5H,3-4H2/t5-/m1/s1. The molecule has 86 valence electrons. The van der Waals surface area contributed by atoms with Crippen molar-refractivity contribution in [3.63, 3.8) is 0 Å². The van der Waals surface area contributed by atoms with Crippen molar-refractivity contribution >= 4 is 5.69 Å². The van der Waals surface area contributed by atoms with E-state index in [0.717, 1.165) is 6.07 Å². The van der Waals surface area contributed by atoms with Crippen LogP contribution in [0.1, 0.15) is 0 Å². The number of hydrogen-bond donors (Lipinski definition) is 0. The predicted octanol–water partition coefficient (Wildman–Crippen LogP) is 1.65. The van der Waals surface area contributed by atoms with Crippen LogP contribution in [0.4, 0.5) is 14.5 Å². The number of nitro benzene ring substituents is 1. The van der Waals surface area contributed by atoms with Crippen LogP contribution in [0.3, 0.4) is 0 Å². The Bertz CT molecular complexity index is 434. The lowest BCUT2D eigenvalue weighted by atomic mass is 10.2. The highest BCUT2D eigenvalue weighted by Gasteiger charge is 2.28. The number of ether oxygens (including phenoxy) is 2. The molecule has 0 saturated carbocycles. The van der Waals surface area contributed by atoms with Gasteiger partial charge in [-0.15, -0.1) is 0 Å². The zero-order chi connectivity index (χ0) is 11.7. The van der Waals surface area contributed by atoms with Gasteiger partial charge in [-0.1, -0.05) is 0 Å². The smallest absolute Gasteiger partial charge is 0.314 e. The van der Waals surface area contributed by atoms with Crippen molar-refractivity contribution in [1.29, 1.82) is 0 Å². The fraction of sp³-hybridized carbons (Fsp3) is 0.333. The summed E-state index contributed by atoms with van der Waals surface area (Å²) in [5.41, 5.74) is -0.598. The normalized spacial score (nSPS) is 18.2. The average Bonchev–Trinajstić information content (AvgIpc) is 3.03. The first-order valence-electron chi connectivity index (χ1n) is 4.46. The van der Waals surface area contributed by atoms with E-state index in [2.05, 4.69) is 0 Å². The van der Waals surface area contributed by atoms with Gasteiger partial charge in [-0.25, -0.2) is 4.39 Å². The maximum Gasteiger partial charge on any atom is 0.314 e. The molecule has 1 fully saturated rings. The van der Waals surface area contributed by atoms with Gasteiger partial charge in [0, 0.05) is 6.07 Å². The minimum atomic E-state index is -1.35. The Kier molecular flexibility index (Phi) is 2.69. The molecular weight excluding hydrogens is 224 g/mol. The van der Waals surface area contributed by atoms with Crippen molar-refractivity contribution in [3.05, 3.63) is 33.9 Å². The summed E-state index contributed by atoms with van der Waals surface area (Å²) in [6, 6.07) is 1.55. The van der Waals surface area contributed by atoms with E-state index in [-0.39, 0.29) is 12.7 Å². The fourth-order valence-corrected chi connectivity index (χ4v) is 1.14. The Balaban J connectivity index is 2.28. The van der Waals surface area contributed by atoms with Gasteiger partial charge in [0.05, 0.1) is 11.5 Å². The highest BCUT2D eigenvalue weighted by atomic mass is 19.2. The third-order valence-corrected chi connectivity index (χ3v) is 2.04. The van der Waals surface area contributed by atoms with Crippen LogP contribution in [0.2, 0.25) is 0 Å². The number of nitro groups is 1. The molecule has 1 aromatic carbocycles. The van der Waals surface area contributed by atoms with Crippen molar-refractivity contribution in [3.8, 4) is 5.75 Å². The van der Waals surface area contributed by atoms with E-state index in [9.17, 15) is 18.9 Å². The number of nitrogens with zero attached hydrogens (tertiary/aromatic N) is 1. The molecular formula is C9H7F2NO4. The van der Waals surface area contributed by atoms with E-state index in [1.165, 1.54) is 0 Å². The second-order valence-electron chi connectivity index (χ2n) is 3.23. The molecule has 16 heavy (non-hydrogen) atoms. The SMILES string of the molecule is O=[N+]([O-])c1ccc(F)c(F)c1OC[C@H]1CO1. The molecule has 1 atom stereocenters. The van der Waals surface area contributed by atoms with Crippen LogP contribution in [0, 0.1) is 21.7 Å². The lowest BCUT2D eigenvalue weighted by molar-refractivity contribution is -0.386. The molecule has 1 heterocycles. The van der Waals surface area contributed by atoms with Crippen molar-refractivity contribution in [2.24, 2.45) is 0 Å². The lowest BCUT2D eigenvalue weighted by Gasteiger charge is -2.06. The topological polar surface area (TPSA) is 64.9 Å². The van der Waals surface area contributed by atoms with Crippen LogP contribution < -0.4 is 4.74 Å². The molecule has 0 aromatic heterocycles. The number of epoxide rings is 1. The summed E-state index contributed by atoms with van der Waals surface area (Å²) in [5.74, 6) is -3.22. The maximum atomic E-state index is 13.2. The molecule has 0 radical (unpaired) electrons. The number of hydrogen-bond acceptors (Lipinski definition) is 4. The van der Waals surface area contributed by atoms with Gasteiger partial charge >= 0.3 is 5.69 Å². The van der Waals surface area contributed by atoms with Crippen LogP contribution in [0.15, 0.2) is 12.1 Å². The first-order chi connectivity index (χ1) is 7.59. The zero-order valence-corrected chi connectivity index (χ0v) is 7.98. The van der Waals surface area contributed by atoms with Crippen LogP contribution in [0.25, 0.3) is 0 Å². The Labute approximate surface area is 88.7 Å². The van der Waals surface area contributed by atoms with Crippen molar-refractivity contribution in [2.75, 3.05) is 13.2 Å². The molecule has 0 unspecified atom stereocenters. The molecule has 0 amide bonds. The van der Waals surface area contributed by atoms with Gasteiger partial charge in [0.15, 0.2) is 5.82 Å². The molecule has 5 nitrogen and oxygen atoms in total. The minimum absolute atomic E-state index is 0.0266. The van der Waals surface area contributed by atoms with Crippen LogP contribution in [0.5, 0.6) is 5.75 Å². The lowest BCUT2D eigenvalue weighted by Crippen LogP contribution is -2.08. The summed E-state index contributed by atoms with van der Waals surface area (Å²) in [6.45, 7) is 0.436. The second kappa shape index (κ2) is 4.01. The van der Waals surface area contributed by atoms with Gasteiger partial charge < -0.3 is 9.47 Å². The molecule has 0 spiro atoms. The monoisotopic (exact) mass is 231 g/mol. The Hall–Kier alpha value is -1.76. The van der Waals surface area contributed by atoms with Gasteiger partial charge in [-0.2, -0.15) is 4.39 Å². The van der Waals surface area contributed by atoms with Crippen LogP contribution in [-0.4, -0.2) is 24.2 Å². The summed E-state index contributed by atoms with van der Waals surface area (Å²) in [5, 5.41) is 10.6. The van der Waals surface area contributed by atoms with Crippen molar-refractivity contribution in [1.82, 2.24) is 0 Å². The van der Waals surface area contributed by atoms with Gasteiger partial charge in [0.1, 0.15) is 12.7 Å². The largest absolute Gasteiger partial charge is 0.482 e. The van der Waals surface area contributed by atoms with E-state index < -0.39 is 28.0 Å². The average molecular weight is 231 g/mol. The molecule has 0 N–H and O–H groups in total. The van der Waals surface area contributed by atoms with E-state index in [4.69, 9.17) is 9.47 Å². The molecule has 0 bridgehead atoms. The highest BCUT2D eigenvalue weighted by molar-refractivity contribution is 5.47. The molecule has 0 aliphatic carbocycles. The third-order valence-electron chi connectivity index (χ3n) is 2.04. The van der Waals surface area contributed by atoms with E-state index in [0.29, 0.717) is 12.7 Å². The molecule has 2 rings (SSSR count). The molecule has 7 heteroatoms. The first-order valence-corrected chi connectivity index (χ1v) is 4.46. The molecule has 1 aromatic rings. The zero-order valence-electron chi connectivity index (χ0n) is 7.98. The van der Waals surface area contributed by atoms with Crippen molar-refractivity contribution < 1.29 is 23.2 Å². The molecule has 1 saturated heterocycles. The summed E-state index contributed by atoms with van der Waals surface area (Å²) >= 11 is 0. The highest BCUT2D eigenvalue weighted by Crippen LogP contribution is 2.32. The van der Waals surface area contributed by atoms with Gasteiger partial charge in [0.25, 0.3) is 0 Å². The predicted molar refractivity (Wildman–Crippen MR) is 48.2 cm³/mol. The molecule has 1 aliphatic heterocycles. The van der Waals surface area contributed by atoms with Crippen molar-refractivity contribution in [2.45, 2.75) is 6.10 Å². The van der Waals surface area contributed by atoms with Crippen LogP contribution in [-0.2, 0) is 4.74 Å². The Morgan fingerprint density at radius 2 is 2.25 bits per heavy atom. The Morgan fingerprint density at radius 3 is 2.81 bits per heavy atom. The maximum absolute atomic E-state index is 13.2. The molecule has 1 aliphatic rings. The van der Waals surface area contributed by atoms with E-state index in [1.54, 1.807) is 0 Å². The van der Waals surface area contributed by atoms with E-state index in [1.807, 2.05) is 0 Å². The second-order valence-corrected chi connectivity index (χ2v) is 3.23. The summed E-state index contributed by atoms with van der Waals surface area (Å²) < 4.78 is 35.7. The quantitative estimate of drug-likeness (QED) is 0.449. The van der Waals surface area contributed by atoms with Gasteiger partial charge in [0.2, 0.25) is 11.6 Å². The minimum Gasteiger partial charge on any atom is -0.482 e. The fourth-order valence-electron chi connectivity index (χ4n) is 1.14. The summed E-state index contributed by atoms with van der Waals surface area (Å²) in [7, 11) is 0. The summed E-state index contributed by atoms with van der Waals surface area (Å²) in [4.78, 5) is 9.72. The van der Waals surface area contributed by atoms with Crippen LogP contribution >= 0.6 is 0 Å². The van der Waals surface area contributed by atoms with Gasteiger partial charge in [-0.3, -0.25) is 10.1 Å². The Morgan fingerprint density at radius 1 is 1.56 bits per heavy atom. The first kappa shape index (κ1) is 10.7. The number of halogens is 2. The third kappa shape index (κ3) is 2.08. The van der Waals surface area contributed by atoms with Gasteiger partial charge in [-0.05, 0) is 6.07 Å². The van der Waals surface area contributed by atoms with E-state index >= 15 is 0 Å². The number of rotatable bonds is 4.